The van der Waals surface area contributed by atoms with Crippen molar-refractivity contribution in [3.8, 4) is 0 Å². The summed E-state index contributed by atoms with van der Waals surface area (Å²) < 4.78 is 5.61. The Balaban J connectivity index is 1.58. The third kappa shape index (κ3) is 5.22. The van der Waals surface area contributed by atoms with Crippen LogP contribution < -0.4 is 10.6 Å². The molecule has 2 aromatic carbocycles. The summed E-state index contributed by atoms with van der Waals surface area (Å²) in [5, 5.41) is 6.66. The number of hydrogen-bond donors (Lipinski definition) is 2. The first-order valence-electron chi connectivity index (χ1n) is 9.64. The van der Waals surface area contributed by atoms with E-state index in [9.17, 15) is 0 Å². The van der Waals surface area contributed by atoms with Crippen LogP contribution in [0.1, 0.15) is 40.8 Å². The Morgan fingerprint density at radius 3 is 2.07 bits per heavy atom. The lowest BCUT2D eigenvalue weighted by atomic mass is 9.88. The van der Waals surface area contributed by atoms with E-state index in [-0.39, 0.29) is 0 Å². The average Bonchev–Trinajstić information content (AvgIpc) is 3.06. The Bertz CT molecular complexity index is 828. The zero-order valence-corrected chi connectivity index (χ0v) is 16.8. The van der Waals surface area contributed by atoms with E-state index in [0.717, 1.165) is 30.4 Å². The number of aryl methyl sites for hydroxylation is 2. The van der Waals surface area contributed by atoms with Gasteiger partial charge in [-0.15, -0.1) is 0 Å². The Kier molecular flexibility index (Phi) is 6.84. The molecule has 146 valence electrons. The molecule has 0 aliphatic carbocycles. The standard InChI is InChI=1S/C23H28N4O/c1-17-18(2)28-22(27-17)16-26-23(24-3)25-15-14-21(19-10-6-4-7-11-19)20-12-8-5-9-13-20/h4-13,21H,14-16H2,1-3H3,(H2,24,25,26). The summed E-state index contributed by atoms with van der Waals surface area (Å²) in [5.41, 5.74) is 3.57. The normalized spacial score (nSPS) is 11.6. The minimum absolute atomic E-state index is 0.338. The average molecular weight is 377 g/mol. The van der Waals surface area contributed by atoms with Gasteiger partial charge in [-0.25, -0.2) is 4.98 Å². The number of aromatic nitrogens is 1. The van der Waals surface area contributed by atoms with Gasteiger partial charge in [-0.1, -0.05) is 60.7 Å². The monoisotopic (exact) mass is 376 g/mol. The summed E-state index contributed by atoms with van der Waals surface area (Å²) in [6, 6.07) is 21.3. The molecule has 2 N–H and O–H groups in total. The molecule has 0 spiro atoms. The zero-order valence-electron chi connectivity index (χ0n) is 16.8. The molecule has 0 radical (unpaired) electrons. The molecule has 1 aromatic heterocycles. The number of oxazole rings is 1. The highest BCUT2D eigenvalue weighted by Crippen LogP contribution is 2.27. The van der Waals surface area contributed by atoms with Gasteiger partial charge in [0.25, 0.3) is 0 Å². The summed E-state index contributed by atoms with van der Waals surface area (Å²) >= 11 is 0. The van der Waals surface area contributed by atoms with Gasteiger partial charge >= 0.3 is 0 Å². The van der Waals surface area contributed by atoms with Gasteiger partial charge in [-0.2, -0.15) is 0 Å². The fourth-order valence-corrected chi connectivity index (χ4v) is 3.23. The fraction of sp³-hybridized carbons (Fsp3) is 0.304. The van der Waals surface area contributed by atoms with Crippen molar-refractivity contribution < 1.29 is 4.42 Å². The van der Waals surface area contributed by atoms with Gasteiger partial charge in [-0.05, 0) is 31.4 Å². The first-order valence-corrected chi connectivity index (χ1v) is 9.64. The molecule has 5 heteroatoms. The van der Waals surface area contributed by atoms with E-state index in [1.807, 2.05) is 13.8 Å². The van der Waals surface area contributed by atoms with Crippen LogP contribution >= 0.6 is 0 Å². The maximum Gasteiger partial charge on any atom is 0.214 e. The second-order valence-corrected chi connectivity index (χ2v) is 6.76. The molecular formula is C23H28N4O. The lowest BCUT2D eigenvalue weighted by Gasteiger charge is -2.19. The molecule has 0 amide bonds. The molecule has 3 aromatic rings. The molecule has 0 atom stereocenters. The SMILES string of the molecule is CN=C(NCCC(c1ccccc1)c1ccccc1)NCc1nc(C)c(C)o1. The van der Waals surface area contributed by atoms with Crippen LogP contribution in [0.5, 0.6) is 0 Å². The van der Waals surface area contributed by atoms with Crippen LogP contribution in [0.15, 0.2) is 70.1 Å². The quantitative estimate of drug-likeness (QED) is 0.480. The van der Waals surface area contributed by atoms with Crippen LogP contribution in [0.3, 0.4) is 0 Å². The van der Waals surface area contributed by atoms with Gasteiger partial charge < -0.3 is 15.1 Å². The molecule has 28 heavy (non-hydrogen) atoms. The minimum Gasteiger partial charge on any atom is -0.444 e. The van der Waals surface area contributed by atoms with E-state index in [4.69, 9.17) is 4.42 Å². The molecule has 0 bridgehead atoms. The zero-order chi connectivity index (χ0) is 19.8. The number of rotatable bonds is 7. The molecular weight excluding hydrogens is 348 g/mol. The smallest absolute Gasteiger partial charge is 0.214 e. The Labute approximate surface area is 166 Å². The maximum atomic E-state index is 5.61. The molecule has 0 fully saturated rings. The van der Waals surface area contributed by atoms with Crippen LogP contribution in [0.4, 0.5) is 0 Å². The number of nitrogens with one attached hydrogen (secondary N) is 2. The van der Waals surface area contributed by atoms with Crippen molar-refractivity contribution in [1.29, 1.82) is 0 Å². The molecule has 0 saturated heterocycles. The molecule has 0 unspecified atom stereocenters. The fourth-order valence-electron chi connectivity index (χ4n) is 3.23. The molecule has 0 aliphatic heterocycles. The van der Waals surface area contributed by atoms with Crippen LogP contribution in [-0.2, 0) is 6.54 Å². The second-order valence-electron chi connectivity index (χ2n) is 6.76. The van der Waals surface area contributed by atoms with Crippen LogP contribution in [0.2, 0.25) is 0 Å². The Morgan fingerprint density at radius 1 is 0.964 bits per heavy atom. The summed E-state index contributed by atoms with van der Waals surface area (Å²) in [4.78, 5) is 8.69. The van der Waals surface area contributed by atoms with Gasteiger partial charge in [0.15, 0.2) is 5.96 Å². The van der Waals surface area contributed by atoms with Crippen molar-refractivity contribution >= 4 is 5.96 Å². The predicted octanol–water partition coefficient (Wildman–Crippen LogP) is 4.18. The Hall–Kier alpha value is -3.08. The lowest BCUT2D eigenvalue weighted by molar-refractivity contribution is 0.463. The molecule has 5 nitrogen and oxygen atoms in total. The Morgan fingerprint density at radius 2 is 1.57 bits per heavy atom. The molecule has 3 rings (SSSR count). The van der Waals surface area contributed by atoms with Crippen molar-refractivity contribution in [2.24, 2.45) is 4.99 Å². The van der Waals surface area contributed by atoms with E-state index in [0.29, 0.717) is 18.4 Å². The summed E-state index contributed by atoms with van der Waals surface area (Å²) in [6.07, 6.45) is 0.964. The van der Waals surface area contributed by atoms with Crippen molar-refractivity contribution in [2.45, 2.75) is 32.7 Å². The number of aliphatic imine (C=N–C) groups is 1. The van der Waals surface area contributed by atoms with Crippen LogP contribution in [0, 0.1) is 13.8 Å². The van der Waals surface area contributed by atoms with E-state index in [2.05, 4.69) is 81.3 Å². The number of hydrogen-bond acceptors (Lipinski definition) is 3. The van der Waals surface area contributed by atoms with E-state index >= 15 is 0 Å². The van der Waals surface area contributed by atoms with E-state index < -0.39 is 0 Å². The van der Waals surface area contributed by atoms with Gasteiger partial charge in [0.05, 0.1) is 12.2 Å². The number of guanidine groups is 1. The van der Waals surface area contributed by atoms with Gasteiger partial charge in [-0.3, -0.25) is 4.99 Å². The largest absolute Gasteiger partial charge is 0.444 e. The molecule has 0 saturated carbocycles. The van der Waals surface area contributed by atoms with E-state index in [1.54, 1.807) is 7.05 Å². The third-order valence-corrected chi connectivity index (χ3v) is 4.83. The first-order chi connectivity index (χ1) is 13.7. The highest BCUT2D eigenvalue weighted by Gasteiger charge is 2.14. The first kappa shape index (κ1) is 19.7. The van der Waals surface area contributed by atoms with Crippen LogP contribution in [0.25, 0.3) is 0 Å². The highest BCUT2D eigenvalue weighted by molar-refractivity contribution is 5.79. The van der Waals surface area contributed by atoms with Crippen molar-refractivity contribution in [1.82, 2.24) is 15.6 Å². The highest BCUT2D eigenvalue weighted by atomic mass is 16.4. The van der Waals surface area contributed by atoms with Crippen LogP contribution in [-0.4, -0.2) is 24.5 Å². The minimum atomic E-state index is 0.338. The molecule has 1 heterocycles. The van der Waals surface area contributed by atoms with Gasteiger partial charge in [0, 0.05) is 19.5 Å². The molecule has 0 aliphatic rings. The number of benzene rings is 2. The summed E-state index contributed by atoms with van der Waals surface area (Å²) in [7, 11) is 1.77. The van der Waals surface area contributed by atoms with Crippen molar-refractivity contribution in [3.63, 3.8) is 0 Å². The third-order valence-electron chi connectivity index (χ3n) is 4.83. The summed E-state index contributed by atoms with van der Waals surface area (Å²) in [5.74, 6) is 2.61. The van der Waals surface area contributed by atoms with Crippen molar-refractivity contribution in [2.75, 3.05) is 13.6 Å². The van der Waals surface area contributed by atoms with Crippen molar-refractivity contribution in [3.05, 3.63) is 89.1 Å². The number of nitrogens with zero attached hydrogens (tertiary/aromatic N) is 2. The maximum absolute atomic E-state index is 5.61. The van der Waals surface area contributed by atoms with E-state index in [1.165, 1.54) is 11.1 Å². The topological polar surface area (TPSA) is 62.5 Å². The van der Waals surface area contributed by atoms with Gasteiger partial charge in [0.2, 0.25) is 5.89 Å². The summed E-state index contributed by atoms with van der Waals surface area (Å²) in [6.45, 7) is 5.18. The lowest BCUT2D eigenvalue weighted by Crippen LogP contribution is -2.37. The van der Waals surface area contributed by atoms with Gasteiger partial charge in [0.1, 0.15) is 5.76 Å². The predicted molar refractivity (Wildman–Crippen MR) is 114 cm³/mol. The second kappa shape index (κ2) is 9.74.